The fourth-order valence-corrected chi connectivity index (χ4v) is 3.37. The summed E-state index contributed by atoms with van der Waals surface area (Å²) in [6.07, 6.45) is 4.64. The highest BCUT2D eigenvalue weighted by atomic mass is 32.2. The molecule has 1 aliphatic carbocycles. The van der Waals surface area contributed by atoms with Crippen LogP contribution < -0.4 is 0 Å². The number of carbonyl (C=O) groups is 1. The van der Waals surface area contributed by atoms with Crippen LogP contribution in [0.1, 0.15) is 58.8 Å². The van der Waals surface area contributed by atoms with Crippen LogP contribution in [0, 0.1) is 11.3 Å². The first kappa shape index (κ1) is 17.8. The lowest BCUT2D eigenvalue weighted by Gasteiger charge is -2.38. The first-order valence-corrected chi connectivity index (χ1v) is 8.92. The molecular formula is C16H24N4O2S. The topological polar surface area (TPSA) is 83.0 Å². The molecule has 1 amide bonds. The van der Waals surface area contributed by atoms with E-state index in [1.807, 2.05) is 20.8 Å². The Bertz CT molecular complexity index is 594. The van der Waals surface area contributed by atoms with Gasteiger partial charge in [-0.3, -0.25) is 4.79 Å². The molecule has 6 nitrogen and oxygen atoms in total. The van der Waals surface area contributed by atoms with Crippen LogP contribution in [-0.4, -0.2) is 39.3 Å². The van der Waals surface area contributed by atoms with Gasteiger partial charge in [-0.15, -0.1) is 10.2 Å². The molecule has 2 rings (SSSR count). The molecule has 1 aliphatic rings. The standard InChI is InChI=1S/C16H24N4O2S/c1-15(2,3)13-18-19-14(22-13)23-10-12(21)20(4)16(11-17)8-6-5-7-9-16/h5-10H2,1-4H3. The summed E-state index contributed by atoms with van der Waals surface area (Å²) >= 11 is 1.23. The minimum atomic E-state index is -0.651. The number of carbonyl (C=O) groups excluding carboxylic acids is 1. The summed E-state index contributed by atoms with van der Waals surface area (Å²) in [5, 5.41) is 17.9. The van der Waals surface area contributed by atoms with Gasteiger partial charge in [0.05, 0.1) is 11.8 Å². The smallest absolute Gasteiger partial charge is 0.277 e. The van der Waals surface area contributed by atoms with Crippen LogP contribution in [0.3, 0.4) is 0 Å². The SMILES string of the molecule is CN(C(=O)CSc1nnc(C(C)(C)C)o1)C1(C#N)CCCCC1. The largest absolute Gasteiger partial charge is 0.415 e. The third-order valence-corrected chi connectivity index (χ3v) is 5.08. The average Bonchev–Trinajstić information content (AvgIpc) is 3.01. The molecule has 1 fully saturated rings. The van der Waals surface area contributed by atoms with Crippen LogP contribution in [-0.2, 0) is 10.2 Å². The minimum Gasteiger partial charge on any atom is -0.415 e. The highest BCUT2D eigenvalue weighted by Crippen LogP contribution is 2.33. The van der Waals surface area contributed by atoms with Gasteiger partial charge in [0.25, 0.3) is 5.22 Å². The molecular weight excluding hydrogens is 312 g/mol. The average molecular weight is 336 g/mol. The molecule has 126 valence electrons. The summed E-state index contributed by atoms with van der Waals surface area (Å²) in [6, 6.07) is 2.36. The fourth-order valence-electron chi connectivity index (χ4n) is 2.69. The highest BCUT2D eigenvalue weighted by Gasteiger charge is 2.38. The van der Waals surface area contributed by atoms with Crippen LogP contribution >= 0.6 is 11.8 Å². The molecule has 7 heteroatoms. The molecule has 0 bridgehead atoms. The van der Waals surface area contributed by atoms with Crippen molar-refractivity contribution in [2.75, 3.05) is 12.8 Å². The quantitative estimate of drug-likeness (QED) is 0.786. The summed E-state index contributed by atoms with van der Waals surface area (Å²) < 4.78 is 5.58. The van der Waals surface area contributed by atoms with Gasteiger partial charge in [0.15, 0.2) is 0 Å². The Morgan fingerprint density at radius 3 is 2.52 bits per heavy atom. The Hall–Kier alpha value is -1.55. The maximum atomic E-state index is 12.4. The van der Waals surface area contributed by atoms with E-state index in [1.165, 1.54) is 11.8 Å². The highest BCUT2D eigenvalue weighted by molar-refractivity contribution is 7.99. The summed E-state index contributed by atoms with van der Waals surface area (Å²) in [7, 11) is 1.73. The number of nitrogens with zero attached hydrogens (tertiary/aromatic N) is 4. The Kier molecular flexibility index (Phi) is 5.35. The molecule has 23 heavy (non-hydrogen) atoms. The molecule has 0 saturated heterocycles. The third-order valence-electron chi connectivity index (χ3n) is 4.27. The van der Waals surface area contributed by atoms with E-state index in [2.05, 4.69) is 16.3 Å². The maximum Gasteiger partial charge on any atom is 0.277 e. The monoisotopic (exact) mass is 336 g/mol. The molecule has 0 aliphatic heterocycles. The normalized spacial score (nSPS) is 17.5. The first-order chi connectivity index (χ1) is 10.8. The zero-order valence-electron chi connectivity index (χ0n) is 14.3. The maximum absolute atomic E-state index is 12.4. The number of rotatable bonds is 4. The molecule has 1 heterocycles. The van der Waals surface area contributed by atoms with Crippen molar-refractivity contribution in [1.29, 1.82) is 5.26 Å². The molecule has 0 radical (unpaired) electrons. The Labute approximate surface area is 141 Å². The van der Waals surface area contributed by atoms with Crippen LogP contribution in [0.2, 0.25) is 0 Å². The zero-order chi connectivity index (χ0) is 17.1. The Morgan fingerprint density at radius 1 is 1.35 bits per heavy atom. The number of hydrogen-bond acceptors (Lipinski definition) is 6. The van der Waals surface area contributed by atoms with Crippen molar-refractivity contribution in [3.05, 3.63) is 5.89 Å². The summed E-state index contributed by atoms with van der Waals surface area (Å²) in [5.41, 5.74) is -0.860. The van der Waals surface area contributed by atoms with Crippen LogP contribution in [0.25, 0.3) is 0 Å². The van der Waals surface area contributed by atoms with Gasteiger partial charge in [-0.05, 0) is 12.8 Å². The van der Waals surface area contributed by atoms with E-state index in [-0.39, 0.29) is 17.1 Å². The number of thioether (sulfide) groups is 1. The molecule has 1 saturated carbocycles. The molecule has 1 aromatic heterocycles. The van der Waals surface area contributed by atoms with E-state index < -0.39 is 5.54 Å². The van der Waals surface area contributed by atoms with Crippen molar-refractivity contribution in [1.82, 2.24) is 15.1 Å². The van der Waals surface area contributed by atoms with Gasteiger partial charge < -0.3 is 9.32 Å². The van der Waals surface area contributed by atoms with E-state index in [9.17, 15) is 10.1 Å². The number of hydrogen-bond donors (Lipinski definition) is 0. The lowest BCUT2D eigenvalue weighted by atomic mass is 9.81. The Balaban J connectivity index is 1.96. The van der Waals surface area contributed by atoms with E-state index in [4.69, 9.17) is 4.42 Å². The van der Waals surface area contributed by atoms with E-state index in [1.54, 1.807) is 11.9 Å². The van der Waals surface area contributed by atoms with Crippen molar-refractivity contribution in [2.24, 2.45) is 0 Å². The summed E-state index contributed by atoms with van der Waals surface area (Å²) in [4.78, 5) is 14.1. The molecule has 1 aromatic rings. The van der Waals surface area contributed by atoms with Gasteiger partial charge in [0, 0.05) is 12.5 Å². The third kappa shape index (κ3) is 4.05. The van der Waals surface area contributed by atoms with Crippen molar-refractivity contribution in [2.45, 2.75) is 69.1 Å². The van der Waals surface area contributed by atoms with Gasteiger partial charge in [-0.1, -0.05) is 51.8 Å². The lowest BCUT2D eigenvalue weighted by Crippen LogP contribution is -2.50. The molecule has 0 spiro atoms. The lowest BCUT2D eigenvalue weighted by molar-refractivity contribution is -0.131. The second kappa shape index (κ2) is 6.91. The van der Waals surface area contributed by atoms with E-state index in [0.717, 1.165) is 32.1 Å². The number of amides is 1. The van der Waals surface area contributed by atoms with Gasteiger partial charge >= 0.3 is 0 Å². The van der Waals surface area contributed by atoms with Gasteiger partial charge in [-0.2, -0.15) is 5.26 Å². The van der Waals surface area contributed by atoms with Crippen LogP contribution in [0.5, 0.6) is 0 Å². The van der Waals surface area contributed by atoms with Gasteiger partial charge in [0.1, 0.15) is 5.54 Å². The predicted molar refractivity (Wildman–Crippen MR) is 87.9 cm³/mol. The Morgan fingerprint density at radius 2 is 2.00 bits per heavy atom. The van der Waals surface area contributed by atoms with E-state index >= 15 is 0 Å². The van der Waals surface area contributed by atoms with E-state index in [0.29, 0.717) is 11.1 Å². The number of nitriles is 1. The van der Waals surface area contributed by atoms with Crippen molar-refractivity contribution in [3.63, 3.8) is 0 Å². The number of aromatic nitrogens is 2. The van der Waals surface area contributed by atoms with Gasteiger partial charge in [0.2, 0.25) is 11.8 Å². The molecule has 0 N–H and O–H groups in total. The van der Waals surface area contributed by atoms with Crippen molar-refractivity contribution < 1.29 is 9.21 Å². The second-order valence-corrected chi connectivity index (χ2v) is 8.00. The second-order valence-electron chi connectivity index (χ2n) is 7.07. The summed E-state index contributed by atoms with van der Waals surface area (Å²) in [5.74, 6) is 0.682. The van der Waals surface area contributed by atoms with Crippen molar-refractivity contribution >= 4 is 17.7 Å². The molecule has 0 unspecified atom stereocenters. The molecule has 0 atom stereocenters. The predicted octanol–water partition coefficient (Wildman–Crippen LogP) is 3.14. The molecule has 0 aromatic carbocycles. The minimum absolute atomic E-state index is 0.0750. The van der Waals surface area contributed by atoms with Gasteiger partial charge in [-0.25, -0.2) is 0 Å². The zero-order valence-corrected chi connectivity index (χ0v) is 15.1. The van der Waals surface area contributed by atoms with Crippen molar-refractivity contribution in [3.8, 4) is 6.07 Å². The first-order valence-electron chi connectivity index (χ1n) is 7.93. The van der Waals surface area contributed by atoms with Crippen LogP contribution in [0.4, 0.5) is 0 Å². The summed E-state index contributed by atoms with van der Waals surface area (Å²) in [6.45, 7) is 5.98. The fraction of sp³-hybridized carbons (Fsp3) is 0.750. The van der Waals surface area contributed by atoms with Crippen LogP contribution in [0.15, 0.2) is 9.64 Å².